The molecule has 1 aromatic carbocycles. The first kappa shape index (κ1) is 14.8. The molecule has 0 fully saturated rings. The van der Waals surface area contributed by atoms with E-state index >= 15 is 0 Å². The molecule has 0 bridgehead atoms. The molecule has 1 heterocycles. The van der Waals surface area contributed by atoms with E-state index in [4.69, 9.17) is 5.73 Å². The topological polar surface area (TPSA) is 26.0 Å². The first-order valence-corrected chi connectivity index (χ1v) is 8.82. The van der Waals surface area contributed by atoms with Gasteiger partial charge >= 0.3 is 0 Å². The molecular formula is C19H25NS. The Morgan fingerprint density at radius 3 is 2.43 bits per heavy atom. The second-order valence-corrected chi connectivity index (χ2v) is 7.60. The number of aryl methyl sites for hydroxylation is 5. The molecule has 1 aliphatic carbocycles. The Labute approximate surface area is 132 Å². The van der Waals surface area contributed by atoms with Gasteiger partial charge in [0.1, 0.15) is 0 Å². The van der Waals surface area contributed by atoms with Crippen molar-refractivity contribution in [3.63, 3.8) is 0 Å². The van der Waals surface area contributed by atoms with Gasteiger partial charge in [-0.05, 0) is 80.3 Å². The van der Waals surface area contributed by atoms with Gasteiger partial charge in [-0.2, -0.15) is 0 Å². The Morgan fingerprint density at radius 1 is 0.905 bits per heavy atom. The molecule has 1 nitrogen and oxygen atoms in total. The van der Waals surface area contributed by atoms with Crippen molar-refractivity contribution in [3.8, 4) is 0 Å². The molecule has 0 spiro atoms. The molecule has 0 saturated carbocycles. The molecule has 1 unspecified atom stereocenters. The van der Waals surface area contributed by atoms with Crippen LogP contribution in [0, 0.1) is 20.8 Å². The maximum Gasteiger partial charge on any atom is 0.0648 e. The Hall–Kier alpha value is -1.12. The third-order valence-electron chi connectivity index (χ3n) is 4.79. The zero-order chi connectivity index (χ0) is 15.0. The van der Waals surface area contributed by atoms with Gasteiger partial charge in [0, 0.05) is 9.75 Å². The lowest BCUT2D eigenvalue weighted by Gasteiger charge is -2.15. The Balaban J connectivity index is 1.95. The lowest BCUT2D eigenvalue weighted by Crippen LogP contribution is -2.12. The van der Waals surface area contributed by atoms with Gasteiger partial charge in [-0.15, -0.1) is 11.3 Å². The largest absolute Gasteiger partial charge is 0.320 e. The SMILES string of the molecule is Cc1cc(C)c(C(N)c2cc3c(s2)CCCCC3)cc1C. The summed E-state index contributed by atoms with van der Waals surface area (Å²) >= 11 is 1.95. The maximum atomic E-state index is 6.60. The first-order valence-electron chi connectivity index (χ1n) is 8.01. The molecular weight excluding hydrogens is 274 g/mol. The second-order valence-electron chi connectivity index (χ2n) is 6.43. The van der Waals surface area contributed by atoms with Crippen LogP contribution in [-0.2, 0) is 12.8 Å². The van der Waals surface area contributed by atoms with E-state index in [0.717, 1.165) is 0 Å². The van der Waals surface area contributed by atoms with Crippen molar-refractivity contribution in [2.75, 3.05) is 0 Å². The summed E-state index contributed by atoms with van der Waals surface area (Å²) in [7, 11) is 0. The van der Waals surface area contributed by atoms with Gasteiger partial charge in [0.2, 0.25) is 0 Å². The molecule has 2 aromatic rings. The molecule has 2 N–H and O–H groups in total. The summed E-state index contributed by atoms with van der Waals surface area (Å²) in [6, 6.07) is 6.95. The number of benzene rings is 1. The van der Waals surface area contributed by atoms with E-state index in [1.165, 1.54) is 59.2 Å². The molecule has 0 amide bonds. The summed E-state index contributed by atoms with van der Waals surface area (Å²) in [5.41, 5.74) is 13.4. The van der Waals surface area contributed by atoms with E-state index in [1.54, 1.807) is 10.4 Å². The van der Waals surface area contributed by atoms with Crippen LogP contribution in [0.5, 0.6) is 0 Å². The standard InChI is InChI=1S/C19H25NS/c1-12-9-14(3)16(10-13(12)2)19(20)18-11-15-7-5-4-6-8-17(15)21-18/h9-11,19H,4-8,20H2,1-3H3. The van der Waals surface area contributed by atoms with E-state index < -0.39 is 0 Å². The third kappa shape index (κ3) is 2.93. The highest BCUT2D eigenvalue weighted by Gasteiger charge is 2.19. The Morgan fingerprint density at radius 2 is 1.62 bits per heavy atom. The summed E-state index contributed by atoms with van der Waals surface area (Å²) in [5.74, 6) is 0. The predicted molar refractivity (Wildman–Crippen MR) is 92.3 cm³/mol. The lowest BCUT2D eigenvalue weighted by molar-refractivity contribution is 0.712. The molecule has 1 aliphatic rings. The third-order valence-corrected chi connectivity index (χ3v) is 6.11. The second kappa shape index (κ2) is 5.94. The van der Waals surface area contributed by atoms with Gasteiger partial charge in [0.15, 0.2) is 0 Å². The highest BCUT2D eigenvalue weighted by Crippen LogP contribution is 2.35. The minimum Gasteiger partial charge on any atom is -0.320 e. The lowest BCUT2D eigenvalue weighted by atomic mass is 9.95. The van der Waals surface area contributed by atoms with Crippen molar-refractivity contribution in [1.82, 2.24) is 0 Å². The summed E-state index contributed by atoms with van der Waals surface area (Å²) in [4.78, 5) is 2.92. The number of rotatable bonds is 2. The fourth-order valence-corrected chi connectivity index (χ4v) is 4.59. The highest BCUT2D eigenvalue weighted by molar-refractivity contribution is 7.12. The zero-order valence-electron chi connectivity index (χ0n) is 13.3. The van der Waals surface area contributed by atoms with Crippen molar-refractivity contribution in [1.29, 1.82) is 0 Å². The molecule has 0 saturated heterocycles. The van der Waals surface area contributed by atoms with Crippen LogP contribution in [0.25, 0.3) is 0 Å². The van der Waals surface area contributed by atoms with Gasteiger partial charge < -0.3 is 5.73 Å². The van der Waals surface area contributed by atoms with Crippen LogP contribution < -0.4 is 5.73 Å². The molecule has 2 heteroatoms. The molecule has 0 aliphatic heterocycles. The van der Waals surface area contributed by atoms with Crippen molar-refractivity contribution in [3.05, 3.63) is 55.8 Å². The smallest absolute Gasteiger partial charge is 0.0648 e. The summed E-state index contributed by atoms with van der Waals surface area (Å²) in [6.45, 7) is 6.53. The molecule has 1 atom stereocenters. The first-order chi connectivity index (χ1) is 10.1. The van der Waals surface area contributed by atoms with E-state index in [2.05, 4.69) is 39.0 Å². The van der Waals surface area contributed by atoms with Crippen molar-refractivity contribution in [2.45, 2.75) is 58.9 Å². The monoisotopic (exact) mass is 299 g/mol. The van der Waals surface area contributed by atoms with Crippen LogP contribution in [0.1, 0.15) is 62.9 Å². The van der Waals surface area contributed by atoms with Crippen molar-refractivity contribution >= 4 is 11.3 Å². The number of hydrogen-bond donors (Lipinski definition) is 1. The van der Waals surface area contributed by atoms with Gasteiger partial charge in [0.05, 0.1) is 6.04 Å². The van der Waals surface area contributed by atoms with E-state index in [1.807, 2.05) is 11.3 Å². The quantitative estimate of drug-likeness (QED) is 0.777. The number of nitrogens with two attached hydrogens (primary N) is 1. The number of hydrogen-bond acceptors (Lipinski definition) is 2. The minimum atomic E-state index is 0.0289. The number of thiophene rings is 1. The van der Waals surface area contributed by atoms with E-state index in [-0.39, 0.29) is 6.04 Å². The fourth-order valence-electron chi connectivity index (χ4n) is 3.31. The van der Waals surface area contributed by atoms with Gasteiger partial charge in [-0.1, -0.05) is 18.6 Å². The predicted octanol–water partition coefficient (Wildman–Crippen LogP) is 4.99. The van der Waals surface area contributed by atoms with Crippen LogP contribution in [0.4, 0.5) is 0 Å². The fraction of sp³-hybridized carbons (Fsp3) is 0.474. The molecule has 1 aromatic heterocycles. The van der Waals surface area contributed by atoms with Crippen molar-refractivity contribution < 1.29 is 0 Å². The van der Waals surface area contributed by atoms with Crippen LogP contribution in [0.2, 0.25) is 0 Å². The number of fused-ring (bicyclic) bond motifs is 1. The molecule has 112 valence electrons. The molecule has 21 heavy (non-hydrogen) atoms. The Bertz CT molecular complexity index is 630. The van der Waals surface area contributed by atoms with E-state index in [0.29, 0.717) is 0 Å². The highest BCUT2D eigenvalue weighted by atomic mass is 32.1. The summed E-state index contributed by atoms with van der Waals surface area (Å²) in [5, 5.41) is 0. The van der Waals surface area contributed by atoms with Gasteiger partial charge in [-0.3, -0.25) is 0 Å². The van der Waals surface area contributed by atoms with E-state index in [9.17, 15) is 0 Å². The minimum absolute atomic E-state index is 0.0289. The zero-order valence-corrected chi connectivity index (χ0v) is 14.1. The molecule has 0 radical (unpaired) electrons. The molecule has 3 rings (SSSR count). The van der Waals surface area contributed by atoms with Gasteiger partial charge in [0.25, 0.3) is 0 Å². The average molecular weight is 299 g/mol. The summed E-state index contributed by atoms with van der Waals surface area (Å²) < 4.78 is 0. The maximum absolute atomic E-state index is 6.60. The van der Waals surface area contributed by atoms with Gasteiger partial charge in [-0.25, -0.2) is 0 Å². The van der Waals surface area contributed by atoms with Crippen LogP contribution in [-0.4, -0.2) is 0 Å². The summed E-state index contributed by atoms with van der Waals surface area (Å²) in [6.07, 6.45) is 6.54. The van der Waals surface area contributed by atoms with Crippen LogP contribution >= 0.6 is 11.3 Å². The van der Waals surface area contributed by atoms with Crippen LogP contribution in [0.15, 0.2) is 18.2 Å². The Kier molecular flexibility index (Phi) is 4.19. The van der Waals surface area contributed by atoms with Crippen molar-refractivity contribution in [2.24, 2.45) is 5.73 Å². The average Bonchev–Trinajstić information content (AvgIpc) is 2.73. The normalized spacial score (nSPS) is 16.4. The van der Waals surface area contributed by atoms with Crippen LogP contribution in [0.3, 0.4) is 0 Å².